The normalized spacial score (nSPS) is 10.2. The summed E-state index contributed by atoms with van der Waals surface area (Å²) >= 11 is 5.79. The smallest absolute Gasteiger partial charge is 0.340 e. The number of anilines is 2. The predicted octanol–water partition coefficient (Wildman–Crippen LogP) is 2.93. The number of benzene rings is 2. The highest BCUT2D eigenvalue weighted by Crippen LogP contribution is 2.22. The molecule has 2 aromatic carbocycles. The molecule has 0 heterocycles. The van der Waals surface area contributed by atoms with E-state index in [0.717, 1.165) is 0 Å². The molecule has 3 N–H and O–H groups in total. The first-order chi connectivity index (χ1) is 11.8. The van der Waals surface area contributed by atoms with Gasteiger partial charge in [-0.3, -0.25) is 14.9 Å². The number of nitro groups is 1. The zero-order valence-electron chi connectivity index (χ0n) is 13.1. The molecule has 130 valence electrons. The molecule has 0 unspecified atom stereocenters. The van der Waals surface area contributed by atoms with E-state index in [1.54, 1.807) is 6.92 Å². The number of ether oxygens (including phenoxy) is 1. The van der Waals surface area contributed by atoms with Crippen LogP contribution >= 0.6 is 11.6 Å². The highest BCUT2D eigenvalue weighted by atomic mass is 35.5. The first-order valence-electron chi connectivity index (χ1n) is 7.05. The van der Waals surface area contributed by atoms with Crippen LogP contribution in [0.4, 0.5) is 17.1 Å². The zero-order chi connectivity index (χ0) is 18.6. The van der Waals surface area contributed by atoms with Crippen LogP contribution in [0.5, 0.6) is 0 Å². The minimum absolute atomic E-state index is 0.0480. The highest BCUT2D eigenvalue weighted by Gasteiger charge is 2.15. The molecular formula is C16H14ClN3O5. The van der Waals surface area contributed by atoms with E-state index in [1.165, 1.54) is 36.4 Å². The third-order valence-corrected chi connectivity index (χ3v) is 3.51. The molecule has 9 heteroatoms. The fourth-order valence-electron chi connectivity index (χ4n) is 1.96. The maximum absolute atomic E-state index is 12.0. The van der Waals surface area contributed by atoms with Gasteiger partial charge in [-0.1, -0.05) is 17.7 Å². The van der Waals surface area contributed by atoms with Crippen molar-refractivity contribution in [3.8, 4) is 0 Å². The molecule has 0 saturated heterocycles. The van der Waals surface area contributed by atoms with Crippen LogP contribution in [0.25, 0.3) is 0 Å². The van der Waals surface area contributed by atoms with Gasteiger partial charge in [0.25, 0.3) is 11.6 Å². The third-order valence-electron chi connectivity index (χ3n) is 3.28. The van der Waals surface area contributed by atoms with E-state index < -0.39 is 23.4 Å². The lowest BCUT2D eigenvalue weighted by Crippen LogP contribution is -2.21. The van der Waals surface area contributed by atoms with Crippen molar-refractivity contribution in [3.63, 3.8) is 0 Å². The number of nitrogen functional groups attached to an aromatic ring is 1. The van der Waals surface area contributed by atoms with Gasteiger partial charge in [-0.25, -0.2) is 4.79 Å². The van der Waals surface area contributed by atoms with Gasteiger partial charge in [0, 0.05) is 22.8 Å². The summed E-state index contributed by atoms with van der Waals surface area (Å²) in [5.74, 6) is -1.44. The molecule has 0 radical (unpaired) electrons. The maximum atomic E-state index is 12.0. The summed E-state index contributed by atoms with van der Waals surface area (Å²) in [7, 11) is 0. The number of nitrogens with one attached hydrogen (secondary N) is 1. The van der Waals surface area contributed by atoms with Gasteiger partial charge in [0.1, 0.15) is 0 Å². The Hall–Kier alpha value is -3.13. The maximum Gasteiger partial charge on any atom is 0.340 e. The summed E-state index contributed by atoms with van der Waals surface area (Å²) in [4.78, 5) is 34.1. The van der Waals surface area contributed by atoms with E-state index in [-0.39, 0.29) is 22.6 Å². The van der Waals surface area contributed by atoms with Crippen LogP contribution in [0.15, 0.2) is 36.4 Å². The Labute approximate surface area is 147 Å². The number of aryl methyl sites for hydroxylation is 1. The number of rotatable bonds is 5. The number of carbonyl (C=O) groups is 2. The molecule has 0 saturated carbocycles. The number of nitro benzene ring substituents is 1. The van der Waals surface area contributed by atoms with Gasteiger partial charge in [0.05, 0.1) is 16.2 Å². The van der Waals surface area contributed by atoms with Gasteiger partial charge >= 0.3 is 5.97 Å². The molecule has 0 bridgehead atoms. The Bertz CT molecular complexity index is 854. The molecule has 0 aliphatic rings. The first-order valence-corrected chi connectivity index (χ1v) is 7.43. The quantitative estimate of drug-likeness (QED) is 0.364. The van der Waals surface area contributed by atoms with Crippen LogP contribution in [-0.4, -0.2) is 23.4 Å². The fourth-order valence-corrected chi connectivity index (χ4v) is 2.13. The van der Waals surface area contributed by atoms with E-state index >= 15 is 0 Å². The van der Waals surface area contributed by atoms with Crippen molar-refractivity contribution in [2.45, 2.75) is 6.92 Å². The summed E-state index contributed by atoms with van der Waals surface area (Å²) < 4.78 is 4.89. The number of nitrogens with two attached hydrogens (primary N) is 1. The number of non-ortho nitro benzene ring substituents is 1. The van der Waals surface area contributed by atoms with Crippen molar-refractivity contribution >= 4 is 40.5 Å². The van der Waals surface area contributed by atoms with E-state index in [2.05, 4.69) is 5.32 Å². The predicted molar refractivity (Wildman–Crippen MR) is 92.6 cm³/mol. The monoisotopic (exact) mass is 363 g/mol. The molecule has 0 atom stereocenters. The van der Waals surface area contributed by atoms with Gasteiger partial charge in [-0.15, -0.1) is 0 Å². The first kappa shape index (κ1) is 18.2. The summed E-state index contributed by atoms with van der Waals surface area (Å²) in [6.07, 6.45) is 0. The van der Waals surface area contributed by atoms with Gasteiger partial charge in [0.15, 0.2) is 6.61 Å². The van der Waals surface area contributed by atoms with Gasteiger partial charge in [-0.05, 0) is 30.7 Å². The van der Waals surface area contributed by atoms with Gasteiger partial charge < -0.3 is 15.8 Å². The average Bonchev–Trinajstić information content (AvgIpc) is 2.56. The van der Waals surface area contributed by atoms with Crippen molar-refractivity contribution in [2.75, 3.05) is 17.7 Å². The van der Waals surface area contributed by atoms with Crippen LogP contribution in [-0.2, 0) is 9.53 Å². The number of amides is 1. The molecule has 25 heavy (non-hydrogen) atoms. The molecule has 0 aromatic heterocycles. The molecule has 0 aliphatic carbocycles. The van der Waals surface area contributed by atoms with Crippen LogP contribution in [0.2, 0.25) is 5.02 Å². The minimum atomic E-state index is -0.800. The Balaban J connectivity index is 2.01. The van der Waals surface area contributed by atoms with Crippen LogP contribution in [0.1, 0.15) is 15.9 Å². The molecular weight excluding hydrogens is 350 g/mol. The second-order valence-electron chi connectivity index (χ2n) is 5.11. The van der Waals surface area contributed by atoms with Crippen molar-refractivity contribution in [1.82, 2.24) is 0 Å². The second kappa shape index (κ2) is 7.63. The standard InChI is InChI=1S/C16H14ClN3O5/c1-9-2-4-11(20(23)24)7-14(9)19-15(21)8-25-16(22)12-6-10(17)3-5-13(12)18/h2-7H,8,18H2,1H3,(H,19,21). The Morgan fingerprint density at radius 1 is 1.28 bits per heavy atom. The van der Waals surface area contributed by atoms with E-state index in [1.807, 2.05) is 0 Å². The van der Waals surface area contributed by atoms with E-state index in [9.17, 15) is 19.7 Å². The Morgan fingerprint density at radius 2 is 2.00 bits per heavy atom. The molecule has 8 nitrogen and oxygen atoms in total. The molecule has 0 aliphatic heterocycles. The lowest BCUT2D eigenvalue weighted by atomic mass is 10.2. The molecule has 0 spiro atoms. The molecule has 2 rings (SSSR count). The minimum Gasteiger partial charge on any atom is -0.452 e. The highest BCUT2D eigenvalue weighted by molar-refractivity contribution is 6.31. The van der Waals surface area contributed by atoms with E-state index in [4.69, 9.17) is 22.1 Å². The SMILES string of the molecule is Cc1ccc([N+](=O)[O-])cc1NC(=O)COC(=O)c1cc(Cl)ccc1N. The lowest BCUT2D eigenvalue weighted by molar-refractivity contribution is -0.384. The Kier molecular flexibility index (Phi) is 5.56. The topological polar surface area (TPSA) is 125 Å². The summed E-state index contributed by atoms with van der Waals surface area (Å²) in [5.41, 5.74) is 6.61. The van der Waals surface area contributed by atoms with Crippen molar-refractivity contribution < 1.29 is 19.2 Å². The largest absolute Gasteiger partial charge is 0.452 e. The number of halogens is 1. The number of nitrogens with zero attached hydrogens (tertiary/aromatic N) is 1. The van der Waals surface area contributed by atoms with Crippen LogP contribution in [0.3, 0.4) is 0 Å². The number of hydrogen-bond donors (Lipinski definition) is 2. The number of esters is 1. The van der Waals surface area contributed by atoms with Crippen molar-refractivity contribution in [3.05, 3.63) is 62.7 Å². The second-order valence-corrected chi connectivity index (χ2v) is 5.55. The number of carbonyl (C=O) groups excluding carboxylic acids is 2. The average molecular weight is 364 g/mol. The van der Waals surface area contributed by atoms with Crippen LogP contribution in [0, 0.1) is 17.0 Å². The summed E-state index contributed by atoms with van der Waals surface area (Å²) in [6, 6.07) is 8.36. The Morgan fingerprint density at radius 3 is 2.68 bits per heavy atom. The van der Waals surface area contributed by atoms with Gasteiger partial charge in [0.2, 0.25) is 0 Å². The molecule has 0 fully saturated rings. The zero-order valence-corrected chi connectivity index (χ0v) is 13.9. The van der Waals surface area contributed by atoms with Gasteiger partial charge in [-0.2, -0.15) is 0 Å². The summed E-state index contributed by atoms with van der Waals surface area (Å²) in [6.45, 7) is 1.10. The van der Waals surface area contributed by atoms with Crippen LogP contribution < -0.4 is 11.1 Å². The summed E-state index contributed by atoms with van der Waals surface area (Å²) in [5, 5.41) is 13.5. The number of hydrogen-bond acceptors (Lipinski definition) is 6. The van der Waals surface area contributed by atoms with Crippen molar-refractivity contribution in [1.29, 1.82) is 0 Å². The fraction of sp³-hybridized carbons (Fsp3) is 0.125. The van der Waals surface area contributed by atoms with E-state index in [0.29, 0.717) is 10.6 Å². The lowest BCUT2D eigenvalue weighted by Gasteiger charge is -2.10. The molecule has 2 aromatic rings. The molecule has 1 amide bonds. The third kappa shape index (κ3) is 4.67. The van der Waals surface area contributed by atoms with Crippen molar-refractivity contribution in [2.24, 2.45) is 0 Å².